The maximum absolute atomic E-state index is 13.8. The van der Waals surface area contributed by atoms with Crippen molar-refractivity contribution in [3.05, 3.63) is 94.0 Å². The number of esters is 1. The Morgan fingerprint density at radius 2 is 1.43 bits per heavy atom. The van der Waals surface area contributed by atoms with Gasteiger partial charge in [0.25, 0.3) is 0 Å². The molecule has 0 N–H and O–H groups in total. The minimum absolute atomic E-state index is 0.0821. The standard InChI is InChI=1S/C23H15F6NO5/c24-22(25,26)21(23(27,28)29)34-19(31)20(35-21,17-8-2-1-3-9-17)18(13-30(32)33)16-11-10-14-6-4-5-7-15(14)12-16/h1-12,18H,13H2/t18-,20-/m0/s1. The molecule has 0 bridgehead atoms. The zero-order valence-electron chi connectivity index (χ0n) is 17.5. The van der Waals surface area contributed by atoms with E-state index in [1.54, 1.807) is 24.3 Å². The molecule has 1 fully saturated rings. The molecule has 6 nitrogen and oxygen atoms in total. The summed E-state index contributed by atoms with van der Waals surface area (Å²) in [5.41, 5.74) is -3.68. The first-order valence-corrected chi connectivity index (χ1v) is 10.0. The number of ether oxygens (including phenoxy) is 2. The van der Waals surface area contributed by atoms with Crippen LogP contribution in [0.2, 0.25) is 0 Å². The number of carbonyl (C=O) groups is 1. The van der Waals surface area contributed by atoms with Gasteiger partial charge >= 0.3 is 24.1 Å². The Morgan fingerprint density at radius 1 is 0.857 bits per heavy atom. The fourth-order valence-electron chi connectivity index (χ4n) is 4.21. The maximum Gasteiger partial charge on any atom is 0.465 e. The monoisotopic (exact) mass is 499 g/mol. The van der Waals surface area contributed by atoms with Crippen LogP contribution in [-0.4, -0.2) is 35.6 Å². The molecule has 0 aliphatic carbocycles. The van der Waals surface area contributed by atoms with E-state index in [1.165, 1.54) is 36.4 Å². The van der Waals surface area contributed by atoms with Crippen molar-refractivity contribution in [2.24, 2.45) is 0 Å². The van der Waals surface area contributed by atoms with E-state index in [1.807, 2.05) is 0 Å². The van der Waals surface area contributed by atoms with Gasteiger partial charge in [0.1, 0.15) is 0 Å². The third-order valence-electron chi connectivity index (χ3n) is 5.79. The van der Waals surface area contributed by atoms with E-state index in [2.05, 4.69) is 9.47 Å². The van der Waals surface area contributed by atoms with Crippen LogP contribution in [0.5, 0.6) is 0 Å². The number of rotatable bonds is 5. The molecule has 12 heteroatoms. The van der Waals surface area contributed by atoms with Crippen LogP contribution >= 0.6 is 0 Å². The first kappa shape index (κ1) is 24.5. The fourth-order valence-corrected chi connectivity index (χ4v) is 4.21. The number of benzene rings is 3. The summed E-state index contributed by atoms with van der Waals surface area (Å²) in [6.45, 7) is -1.23. The molecule has 0 unspecified atom stereocenters. The Kier molecular flexibility index (Phi) is 5.75. The van der Waals surface area contributed by atoms with Gasteiger partial charge in [-0.25, -0.2) is 4.79 Å². The normalized spacial score (nSPS) is 21.0. The lowest BCUT2D eigenvalue weighted by atomic mass is 9.76. The number of hydrogen-bond donors (Lipinski definition) is 0. The SMILES string of the molecule is O=C1OC(C(F)(F)F)(C(F)(F)F)O[C@@]1(c1ccccc1)[C@@H](C[N+](=O)[O-])c1ccc2ccccc2c1. The van der Waals surface area contributed by atoms with Gasteiger partial charge in [-0.3, -0.25) is 10.1 Å². The van der Waals surface area contributed by atoms with E-state index >= 15 is 0 Å². The van der Waals surface area contributed by atoms with Crippen molar-refractivity contribution >= 4 is 16.7 Å². The molecule has 1 heterocycles. The Hall–Kier alpha value is -3.67. The number of cyclic esters (lactones) is 1. The predicted molar refractivity (Wildman–Crippen MR) is 109 cm³/mol. The largest absolute Gasteiger partial charge is 0.465 e. The molecular formula is C23H15F6NO5. The number of carbonyl (C=O) groups excluding carboxylic acids is 1. The van der Waals surface area contributed by atoms with Gasteiger partial charge in [0, 0.05) is 4.92 Å². The smallest absolute Gasteiger partial charge is 0.413 e. The van der Waals surface area contributed by atoms with Gasteiger partial charge < -0.3 is 9.47 Å². The molecule has 4 rings (SSSR count). The average molecular weight is 499 g/mol. The van der Waals surface area contributed by atoms with E-state index in [9.17, 15) is 41.3 Å². The zero-order chi connectivity index (χ0) is 25.6. The quantitative estimate of drug-likeness (QED) is 0.201. The Balaban J connectivity index is 2.02. The lowest BCUT2D eigenvalue weighted by molar-refractivity contribution is -0.491. The van der Waals surface area contributed by atoms with Gasteiger partial charge in [-0.2, -0.15) is 26.3 Å². The maximum atomic E-state index is 13.8. The van der Waals surface area contributed by atoms with Crippen LogP contribution < -0.4 is 0 Å². The van der Waals surface area contributed by atoms with Crippen LogP contribution in [0.15, 0.2) is 72.8 Å². The van der Waals surface area contributed by atoms with Crippen LogP contribution in [0.1, 0.15) is 17.0 Å². The van der Waals surface area contributed by atoms with Crippen molar-refractivity contribution in [1.82, 2.24) is 0 Å². The number of nitrogens with zero attached hydrogens (tertiary/aromatic N) is 1. The molecule has 35 heavy (non-hydrogen) atoms. The summed E-state index contributed by atoms with van der Waals surface area (Å²) >= 11 is 0. The van der Waals surface area contributed by atoms with Gasteiger partial charge in [0.05, 0.1) is 5.92 Å². The summed E-state index contributed by atoms with van der Waals surface area (Å²) < 4.78 is 91.6. The van der Waals surface area contributed by atoms with Crippen molar-refractivity contribution < 1.29 is 45.5 Å². The summed E-state index contributed by atoms with van der Waals surface area (Å²) in [6.07, 6.45) is -12.5. The van der Waals surface area contributed by atoms with Crippen molar-refractivity contribution in [2.45, 2.75) is 29.7 Å². The van der Waals surface area contributed by atoms with Crippen LogP contribution in [0.4, 0.5) is 26.3 Å². The molecule has 0 radical (unpaired) electrons. The predicted octanol–water partition coefficient (Wildman–Crippen LogP) is 5.49. The molecule has 1 aliphatic rings. The summed E-state index contributed by atoms with van der Waals surface area (Å²) in [4.78, 5) is 23.7. The topological polar surface area (TPSA) is 78.7 Å². The van der Waals surface area contributed by atoms with E-state index in [4.69, 9.17) is 0 Å². The third-order valence-corrected chi connectivity index (χ3v) is 5.79. The Bertz CT molecular complexity index is 1260. The van der Waals surface area contributed by atoms with Crippen LogP contribution in [0.3, 0.4) is 0 Å². The molecular weight excluding hydrogens is 484 g/mol. The third kappa shape index (κ3) is 3.87. The highest BCUT2D eigenvalue weighted by molar-refractivity contribution is 5.87. The highest BCUT2D eigenvalue weighted by Gasteiger charge is 2.84. The van der Waals surface area contributed by atoms with E-state index in [-0.39, 0.29) is 5.56 Å². The summed E-state index contributed by atoms with van der Waals surface area (Å²) in [7, 11) is 0. The molecule has 3 aromatic carbocycles. The molecule has 3 aromatic rings. The second kappa shape index (κ2) is 8.22. The first-order chi connectivity index (χ1) is 16.3. The first-order valence-electron chi connectivity index (χ1n) is 10.0. The fraction of sp³-hybridized carbons (Fsp3) is 0.261. The van der Waals surface area contributed by atoms with Crippen LogP contribution in [0, 0.1) is 10.1 Å². The van der Waals surface area contributed by atoms with Crippen molar-refractivity contribution in [3.63, 3.8) is 0 Å². The van der Waals surface area contributed by atoms with Gasteiger partial charge in [0.15, 0.2) is 0 Å². The van der Waals surface area contributed by atoms with Crippen molar-refractivity contribution in [1.29, 1.82) is 0 Å². The molecule has 184 valence electrons. The lowest BCUT2D eigenvalue weighted by Gasteiger charge is -2.35. The minimum Gasteiger partial charge on any atom is -0.413 e. The Labute approximate surface area is 193 Å². The second-order valence-corrected chi connectivity index (χ2v) is 7.88. The molecule has 0 aromatic heterocycles. The van der Waals surface area contributed by atoms with Gasteiger partial charge in [-0.05, 0) is 21.9 Å². The van der Waals surface area contributed by atoms with Gasteiger partial charge in [0.2, 0.25) is 12.1 Å². The molecule has 0 amide bonds. The molecule has 2 atom stereocenters. The number of hydrogen-bond acceptors (Lipinski definition) is 5. The highest BCUT2D eigenvalue weighted by atomic mass is 19.4. The minimum atomic E-state index is -6.24. The van der Waals surface area contributed by atoms with E-state index < -0.39 is 52.7 Å². The summed E-state index contributed by atoms with van der Waals surface area (Å²) in [5.74, 6) is -9.28. The molecule has 1 aliphatic heterocycles. The average Bonchev–Trinajstić information content (AvgIpc) is 3.13. The highest BCUT2D eigenvalue weighted by Crippen LogP contribution is 2.58. The van der Waals surface area contributed by atoms with E-state index in [0.717, 1.165) is 12.1 Å². The number of nitro groups is 1. The Morgan fingerprint density at radius 3 is 1.97 bits per heavy atom. The summed E-state index contributed by atoms with van der Waals surface area (Å²) in [5, 5.41) is 12.7. The lowest BCUT2D eigenvalue weighted by Crippen LogP contribution is -2.59. The molecule has 0 saturated carbocycles. The van der Waals surface area contributed by atoms with E-state index in [0.29, 0.717) is 10.8 Å². The van der Waals surface area contributed by atoms with Gasteiger partial charge in [-0.1, -0.05) is 72.8 Å². The van der Waals surface area contributed by atoms with Crippen LogP contribution in [-0.2, 0) is 19.9 Å². The molecule has 0 spiro atoms. The number of alkyl halides is 6. The van der Waals surface area contributed by atoms with Crippen molar-refractivity contribution in [3.8, 4) is 0 Å². The second-order valence-electron chi connectivity index (χ2n) is 7.88. The van der Waals surface area contributed by atoms with Gasteiger partial charge in [-0.15, -0.1) is 0 Å². The number of halogens is 6. The van der Waals surface area contributed by atoms with Crippen LogP contribution in [0.25, 0.3) is 10.8 Å². The molecule has 1 saturated heterocycles. The number of fused-ring (bicyclic) bond motifs is 1. The van der Waals surface area contributed by atoms with Crippen molar-refractivity contribution in [2.75, 3.05) is 6.54 Å². The summed E-state index contributed by atoms with van der Waals surface area (Å²) in [6, 6.07) is 16.7. The zero-order valence-corrected chi connectivity index (χ0v) is 17.5.